The lowest BCUT2D eigenvalue weighted by Crippen LogP contribution is -2.36. The van der Waals surface area contributed by atoms with E-state index in [9.17, 15) is 9.59 Å². The van der Waals surface area contributed by atoms with Gasteiger partial charge in [0.05, 0.1) is 12.2 Å². The van der Waals surface area contributed by atoms with Gasteiger partial charge in [0.1, 0.15) is 0 Å². The molecule has 2 atom stereocenters. The van der Waals surface area contributed by atoms with Gasteiger partial charge in [0.15, 0.2) is 5.78 Å². The van der Waals surface area contributed by atoms with Crippen LogP contribution in [-0.4, -0.2) is 18.4 Å². The fraction of sp³-hybridized carbons (Fsp3) is 0.308. The average molecular weight is 470 g/mol. The Kier molecular flexibility index (Phi) is 6.73. The molecule has 0 saturated carbocycles. The van der Waals surface area contributed by atoms with Gasteiger partial charge < -0.3 is 10.1 Å². The minimum atomic E-state index is -0.593. The van der Waals surface area contributed by atoms with Crippen LogP contribution in [-0.2, 0) is 14.3 Å². The summed E-state index contributed by atoms with van der Waals surface area (Å²) in [6.45, 7) is 4.10. The van der Waals surface area contributed by atoms with Gasteiger partial charge in [-0.05, 0) is 48.9 Å². The van der Waals surface area contributed by atoms with Crippen LogP contribution in [0.1, 0.15) is 56.1 Å². The molecule has 1 aliphatic heterocycles. The number of ether oxygens (including phenoxy) is 1. The highest BCUT2D eigenvalue weighted by molar-refractivity contribution is 6.35. The fourth-order valence-electron chi connectivity index (χ4n) is 4.59. The highest BCUT2D eigenvalue weighted by Crippen LogP contribution is 2.47. The Balaban J connectivity index is 1.81. The highest BCUT2D eigenvalue weighted by atomic mass is 35.5. The molecule has 0 saturated heterocycles. The molecule has 4 nitrogen and oxygen atoms in total. The van der Waals surface area contributed by atoms with Crippen molar-refractivity contribution in [3.8, 4) is 0 Å². The van der Waals surface area contributed by atoms with Gasteiger partial charge in [-0.2, -0.15) is 0 Å². The molecule has 1 aliphatic carbocycles. The Labute approximate surface area is 198 Å². The molecule has 0 bridgehead atoms. The third-order valence-electron chi connectivity index (χ3n) is 6.03. The first kappa shape index (κ1) is 22.6. The molecule has 0 radical (unpaired) electrons. The van der Waals surface area contributed by atoms with Crippen molar-refractivity contribution in [1.82, 2.24) is 5.32 Å². The van der Waals surface area contributed by atoms with Gasteiger partial charge in [-0.15, -0.1) is 0 Å². The van der Waals surface area contributed by atoms with Crippen molar-refractivity contribution in [2.24, 2.45) is 0 Å². The number of allylic oxidation sites excluding steroid dienone is 3. The summed E-state index contributed by atoms with van der Waals surface area (Å²) >= 11 is 12.7. The summed E-state index contributed by atoms with van der Waals surface area (Å²) in [5.41, 5.74) is 4.35. The van der Waals surface area contributed by atoms with Crippen LogP contribution in [0.3, 0.4) is 0 Å². The van der Waals surface area contributed by atoms with Gasteiger partial charge in [-0.25, -0.2) is 4.79 Å². The summed E-state index contributed by atoms with van der Waals surface area (Å²) in [4.78, 5) is 26.6. The zero-order valence-electron chi connectivity index (χ0n) is 18.1. The predicted molar refractivity (Wildman–Crippen MR) is 127 cm³/mol. The number of hydrogen-bond donors (Lipinski definition) is 1. The Morgan fingerprint density at radius 2 is 1.88 bits per heavy atom. The molecule has 2 aliphatic rings. The monoisotopic (exact) mass is 469 g/mol. The quantitative estimate of drug-likeness (QED) is 0.521. The van der Waals surface area contributed by atoms with E-state index in [0.717, 1.165) is 11.3 Å². The normalized spacial score (nSPS) is 20.7. The van der Waals surface area contributed by atoms with E-state index in [2.05, 4.69) is 17.4 Å². The van der Waals surface area contributed by atoms with E-state index in [-0.39, 0.29) is 11.7 Å². The molecule has 0 aromatic heterocycles. The summed E-state index contributed by atoms with van der Waals surface area (Å²) in [6, 6.07) is 15.2. The molecule has 1 N–H and O–H groups in total. The number of esters is 1. The van der Waals surface area contributed by atoms with Gasteiger partial charge in [-0.1, -0.05) is 66.5 Å². The first-order valence-corrected chi connectivity index (χ1v) is 11.6. The molecular weight excluding hydrogens is 445 g/mol. The first-order valence-electron chi connectivity index (χ1n) is 10.8. The molecule has 2 aromatic rings. The lowest BCUT2D eigenvalue weighted by atomic mass is 9.71. The maximum absolute atomic E-state index is 13.5. The smallest absolute Gasteiger partial charge is 0.336 e. The molecule has 32 heavy (non-hydrogen) atoms. The molecule has 0 unspecified atom stereocenters. The van der Waals surface area contributed by atoms with Crippen LogP contribution in [0.15, 0.2) is 71.1 Å². The molecule has 4 rings (SSSR count). The van der Waals surface area contributed by atoms with E-state index in [4.69, 9.17) is 27.9 Å². The summed E-state index contributed by atoms with van der Waals surface area (Å²) in [7, 11) is 0. The number of Topliss-reactive ketones (excluding diaryl/α,β-unsaturated/α-hetero) is 1. The molecule has 1 heterocycles. The van der Waals surface area contributed by atoms with Crippen LogP contribution in [0.4, 0.5) is 0 Å². The van der Waals surface area contributed by atoms with Crippen molar-refractivity contribution in [3.05, 3.63) is 92.2 Å². The Morgan fingerprint density at radius 1 is 1.12 bits per heavy atom. The number of carbonyl (C=O) groups is 2. The number of carbonyl (C=O) groups excluding carboxylic acids is 2. The second-order valence-corrected chi connectivity index (χ2v) is 9.07. The maximum Gasteiger partial charge on any atom is 0.336 e. The average Bonchev–Trinajstić information content (AvgIpc) is 2.77. The van der Waals surface area contributed by atoms with E-state index in [1.54, 1.807) is 18.2 Å². The highest BCUT2D eigenvalue weighted by Gasteiger charge is 2.42. The third-order valence-corrected chi connectivity index (χ3v) is 6.59. The van der Waals surface area contributed by atoms with Crippen molar-refractivity contribution in [2.45, 2.75) is 44.9 Å². The Bertz CT molecular complexity index is 1120. The van der Waals surface area contributed by atoms with Crippen molar-refractivity contribution in [1.29, 1.82) is 0 Å². The minimum absolute atomic E-state index is 0.0110. The van der Waals surface area contributed by atoms with E-state index in [0.29, 0.717) is 58.3 Å². The molecular formula is C26H25Cl2NO3. The van der Waals surface area contributed by atoms with Gasteiger partial charge in [0.2, 0.25) is 0 Å². The standard InChI is InChI=1S/C26H25Cl2NO3/c1-3-11-32-26(31)23-15(2)29-21-12-17(16-7-5-4-6-8-16)13-22(30)25(21)24(23)19-10-9-18(27)14-20(19)28/h4-10,14,17,24,29H,3,11-13H2,1-2H3/t17-,24+/m0/s1. The summed E-state index contributed by atoms with van der Waals surface area (Å²) in [5, 5.41) is 4.27. The molecule has 2 aromatic carbocycles. The van der Waals surface area contributed by atoms with Crippen LogP contribution in [0.25, 0.3) is 0 Å². The van der Waals surface area contributed by atoms with Crippen LogP contribution >= 0.6 is 23.2 Å². The lowest BCUT2D eigenvalue weighted by Gasteiger charge is -2.37. The zero-order valence-corrected chi connectivity index (χ0v) is 19.6. The van der Waals surface area contributed by atoms with E-state index in [1.807, 2.05) is 32.0 Å². The van der Waals surface area contributed by atoms with Gasteiger partial charge in [0.25, 0.3) is 0 Å². The second-order valence-electron chi connectivity index (χ2n) is 8.23. The fourth-order valence-corrected chi connectivity index (χ4v) is 5.11. The van der Waals surface area contributed by atoms with Crippen molar-refractivity contribution in [2.75, 3.05) is 6.61 Å². The Hall–Kier alpha value is -2.56. The van der Waals surface area contributed by atoms with Gasteiger partial charge >= 0.3 is 5.97 Å². The minimum Gasteiger partial charge on any atom is -0.462 e. The molecule has 6 heteroatoms. The number of nitrogens with one attached hydrogen (secondary N) is 1. The van der Waals surface area contributed by atoms with Crippen molar-refractivity contribution >= 4 is 35.0 Å². The van der Waals surface area contributed by atoms with Crippen LogP contribution in [0.2, 0.25) is 10.0 Å². The molecule has 0 amide bonds. The number of halogens is 2. The first-order chi connectivity index (χ1) is 15.4. The number of ketones is 1. The number of hydrogen-bond acceptors (Lipinski definition) is 4. The number of benzene rings is 2. The maximum atomic E-state index is 13.5. The Morgan fingerprint density at radius 3 is 2.56 bits per heavy atom. The summed E-state index contributed by atoms with van der Waals surface area (Å²) in [5.74, 6) is -0.934. The largest absolute Gasteiger partial charge is 0.462 e. The lowest BCUT2D eigenvalue weighted by molar-refractivity contribution is -0.139. The van der Waals surface area contributed by atoms with E-state index >= 15 is 0 Å². The summed E-state index contributed by atoms with van der Waals surface area (Å²) in [6.07, 6.45) is 1.77. The predicted octanol–water partition coefficient (Wildman–Crippen LogP) is 6.31. The third kappa shape index (κ3) is 4.35. The van der Waals surface area contributed by atoms with Crippen molar-refractivity contribution in [3.63, 3.8) is 0 Å². The number of dihydropyridines is 1. The number of rotatable bonds is 5. The van der Waals surface area contributed by atoms with Crippen LogP contribution < -0.4 is 5.32 Å². The van der Waals surface area contributed by atoms with Crippen LogP contribution in [0, 0.1) is 0 Å². The topological polar surface area (TPSA) is 55.4 Å². The molecule has 166 valence electrons. The molecule has 0 fully saturated rings. The van der Waals surface area contributed by atoms with Gasteiger partial charge in [-0.3, -0.25) is 4.79 Å². The zero-order chi connectivity index (χ0) is 22.8. The molecule has 0 spiro atoms. The van der Waals surface area contributed by atoms with Crippen molar-refractivity contribution < 1.29 is 14.3 Å². The second kappa shape index (κ2) is 9.51. The van der Waals surface area contributed by atoms with Crippen LogP contribution in [0.5, 0.6) is 0 Å². The van der Waals surface area contributed by atoms with Gasteiger partial charge in [0, 0.05) is 39.4 Å². The SMILES string of the molecule is CCCOC(=O)C1=C(C)NC2=C(C(=O)C[C@@H](c3ccccc3)C2)[C@@H]1c1ccc(Cl)cc1Cl. The summed E-state index contributed by atoms with van der Waals surface area (Å²) < 4.78 is 5.48. The van der Waals surface area contributed by atoms with E-state index in [1.165, 1.54) is 0 Å². The van der Waals surface area contributed by atoms with E-state index < -0.39 is 11.9 Å².